The van der Waals surface area contributed by atoms with E-state index in [1.54, 1.807) is 0 Å². The normalized spacial score (nSPS) is 29.1. The summed E-state index contributed by atoms with van der Waals surface area (Å²) in [6, 6.07) is 0. The number of hydrogen-bond donors (Lipinski definition) is 4. The average molecular weight is 375 g/mol. The standard InChI is InChI=1S/C12H18N5O7P/c1-22-8-7(24-25(2,20)21)5(3-18)23-11(8)17-4-14-6-9(17)15-12(13)16-10(6)19/h4-5,7-8,11,18H,3H2,1-2H3,(H,20,21)(H3,13,15,16,19). The van der Waals surface area contributed by atoms with Crippen molar-refractivity contribution in [2.45, 2.75) is 24.5 Å². The molecular formula is C12H18N5O7P. The molecule has 5 N–H and O–H groups in total. The Balaban J connectivity index is 2.05. The molecule has 25 heavy (non-hydrogen) atoms. The van der Waals surface area contributed by atoms with Crippen molar-refractivity contribution in [1.82, 2.24) is 19.5 Å². The fourth-order valence-electron chi connectivity index (χ4n) is 2.81. The van der Waals surface area contributed by atoms with Crippen LogP contribution in [0.15, 0.2) is 11.1 Å². The summed E-state index contributed by atoms with van der Waals surface area (Å²) in [5, 5.41) is 9.52. The van der Waals surface area contributed by atoms with Gasteiger partial charge in [0.15, 0.2) is 17.4 Å². The van der Waals surface area contributed by atoms with Gasteiger partial charge in [-0.3, -0.25) is 23.4 Å². The van der Waals surface area contributed by atoms with Gasteiger partial charge in [-0.25, -0.2) is 4.98 Å². The molecule has 0 spiro atoms. The summed E-state index contributed by atoms with van der Waals surface area (Å²) in [6.45, 7) is 0.555. The first-order valence-corrected chi connectivity index (χ1v) is 9.27. The van der Waals surface area contributed by atoms with Crippen molar-refractivity contribution >= 4 is 24.7 Å². The molecule has 138 valence electrons. The number of nitrogens with one attached hydrogen (secondary N) is 1. The van der Waals surface area contributed by atoms with Crippen molar-refractivity contribution < 1.29 is 28.6 Å². The highest BCUT2D eigenvalue weighted by atomic mass is 31.2. The average Bonchev–Trinajstić information content (AvgIpc) is 3.06. The highest BCUT2D eigenvalue weighted by molar-refractivity contribution is 7.51. The van der Waals surface area contributed by atoms with E-state index in [0.717, 1.165) is 6.66 Å². The molecule has 13 heteroatoms. The number of anilines is 1. The summed E-state index contributed by atoms with van der Waals surface area (Å²) in [5.41, 5.74) is 5.24. The summed E-state index contributed by atoms with van der Waals surface area (Å²) in [7, 11) is -2.51. The zero-order valence-electron chi connectivity index (χ0n) is 13.4. The SMILES string of the molecule is COC1C(OP(C)(=O)O)C(CO)OC1n1cnc2c(=O)[nH]c(N)nc21. The maximum Gasteiger partial charge on any atom is 0.325 e. The smallest absolute Gasteiger partial charge is 0.325 e. The van der Waals surface area contributed by atoms with Gasteiger partial charge in [-0.2, -0.15) is 4.98 Å². The highest BCUT2D eigenvalue weighted by Gasteiger charge is 2.49. The molecule has 0 aromatic carbocycles. The highest BCUT2D eigenvalue weighted by Crippen LogP contribution is 2.45. The summed E-state index contributed by atoms with van der Waals surface area (Å²) in [6.07, 6.45) is -2.40. The van der Waals surface area contributed by atoms with E-state index in [1.165, 1.54) is 18.0 Å². The maximum atomic E-state index is 11.9. The van der Waals surface area contributed by atoms with Crippen LogP contribution in [0.4, 0.5) is 5.95 Å². The molecule has 1 fully saturated rings. The van der Waals surface area contributed by atoms with E-state index in [1.807, 2.05) is 0 Å². The summed E-state index contributed by atoms with van der Waals surface area (Å²) in [5.74, 6) is -0.105. The number of nitrogen functional groups attached to an aromatic ring is 1. The molecule has 1 saturated heterocycles. The minimum absolute atomic E-state index is 0.0425. The lowest BCUT2D eigenvalue weighted by Gasteiger charge is -2.24. The molecule has 12 nitrogen and oxygen atoms in total. The van der Waals surface area contributed by atoms with E-state index in [0.29, 0.717) is 0 Å². The lowest BCUT2D eigenvalue weighted by Crippen LogP contribution is -2.36. The zero-order valence-corrected chi connectivity index (χ0v) is 14.3. The minimum Gasteiger partial charge on any atom is -0.394 e. The van der Waals surface area contributed by atoms with Crippen LogP contribution in [0, 0.1) is 0 Å². The zero-order chi connectivity index (χ0) is 18.4. The molecule has 3 rings (SSSR count). The van der Waals surface area contributed by atoms with E-state index >= 15 is 0 Å². The molecule has 1 aliphatic rings. The third-order valence-electron chi connectivity index (χ3n) is 3.78. The number of nitrogens with zero attached hydrogens (tertiary/aromatic N) is 3. The Labute approximate surface area is 141 Å². The molecule has 1 aliphatic heterocycles. The lowest BCUT2D eigenvalue weighted by atomic mass is 10.1. The number of nitrogens with two attached hydrogens (primary N) is 1. The second-order valence-corrected chi connectivity index (χ2v) is 7.41. The van der Waals surface area contributed by atoms with Crippen molar-refractivity contribution in [3.05, 3.63) is 16.7 Å². The first kappa shape index (κ1) is 18.0. The van der Waals surface area contributed by atoms with Crippen molar-refractivity contribution in [3.8, 4) is 0 Å². The molecule has 0 bridgehead atoms. The van der Waals surface area contributed by atoms with Crippen molar-refractivity contribution in [2.24, 2.45) is 0 Å². The van der Waals surface area contributed by atoms with Crippen LogP contribution in [-0.4, -0.2) is 68.2 Å². The third-order valence-corrected chi connectivity index (χ3v) is 4.41. The van der Waals surface area contributed by atoms with E-state index in [2.05, 4.69) is 15.0 Å². The predicted octanol–water partition coefficient (Wildman–Crippen LogP) is -1.19. The number of imidazole rings is 1. The number of ether oxygens (including phenoxy) is 2. The first-order chi connectivity index (χ1) is 11.7. The molecule has 3 heterocycles. The molecule has 0 saturated carbocycles. The van der Waals surface area contributed by atoms with Gasteiger partial charge in [-0.15, -0.1) is 0 Å². The Morgan fingerprint density at radius 1 is 1.52 bits per heavy atom. The number of H-pyrrole nitrogens is 1. The Morgan fingerprint density at radius 3 is 2.84 bits per heavy atom. The van der Waals surface area contributed by atoms with Gasteiger partial charge >= 0.3 is 7.60 Å². The fraction of sp³-hybridized carbons (Fsp3) is 0.583. The van der Waals surface area contributed by atoms with Gasteiger partial charge in [0.2, 0.25) is 5.95 Å². The van der Waals surface area contributed by atoms with Gasteiger partial charge in [0, 0.05) is 13.8 Å². The Kier molecular flexibility index (Phi) is 4.66. The van der Waals surface area contributed by atoms with Crippen LogP contribution in [0.2, 0.25) is 0 Å². The molecule has 0 aliphatic carbocycles. The molecule has 2 aromatic rings. The van der Waals surface area contributed by atoms with Gasteiger partial charge < -0.3 is 25.2 Å². The van der Waals surface area contributed by atoms with E-state index in [9.17, 15) is 19.4 Å². The molecular weight excluding hydrogens is 357 g/mol. The van der Waals surface area contributed by atoms with Crippen LogP contribution in [0.5, 0.6) is 0 Å². The summed E-state index contributed by atoms with van der Waals surface area (Å²) in [4.78, 5) is 31.8. The number of hydrogen-bond acceptors (Lipinski definition) is 9. The molecule has 5 atom stereocenters. The number of methoxy groups -OCH3 is 1. The second-order valence-electron chi connectivity index (χ2n) is 5.60. The molecule has 0 radical (unpaired) electrons. The largest absolute Gasteiger partial charge is 0.394 e. The fourth-order valence-corrected chi connectivity index (χ4v) is 3.52. The van der Waals surface area contributed by atoms with E-state index in [4.69, 9.17) is 19.7 Å². The number of aromatic amines is 1. The topological polar surface area (TPSA) is 175 Å². The van der Waals surface area contributed by atoms with Crippen LogP contribution >= 0.6 is 7.60 Å². The van der Waals surface area contributed by atoms with Crippen molar-refractivity contribution in [1.29, 1.82) is 0 Å². The number of fused-ring (bicyclic) bond motifs is 1. The maximum absolute atomic E-state index is 11.9. The number of aliphatic hydroxyl groups excluding tert-OH is 1. The predicted molar refractivity (Wildman–Crippen MR) is 85.0 cm³/mol. The van der Waals surface area contributed by atoms with Crippen molar-refractivity contribution in [3.63, 3.8) is 0 Å². The lowest BCUT2D eigenvalue weighted by molar-refractivity contribution is -0.0583. The second kappa shape index (κ2) is 6.48. The van der Waals surface area contributed by atoms with Crippen LogP contribution < -0.4 is 11.3 Å². The van der Waals surface area contributed by atoms with Gasteiger partial charge in [0.25, 0.3) is 5.56 Å². The van der Waals surface area contributed by atoms with E-state index < -0.39 is 44.3 Å². The van der Waals surface area contributed by atoms with Gasteiger partial charge in [-0.05, 0) is 0 Å². The summed E-state index contributed by atoms with van der Waals surface area (Å²) < 4.78 is 29.2. The van der Waals surface area contributed by atoms with Crippen LogP contribution in [-0.2, 0) is 18.6 Å². The Hall–Kier alpha value is -1.82. The number of rotatable bonds is 5. The number of aliphatic hydroxyl groups is 1. The number of aromatic nitrogens is 4. The Morgan fingerprint density at radius 2 is 2.24 bits per heavy atom. The van der Waals surface area contributed by atoms with Crippen LogP contribution in [0.25, 0.3) is 11.2 Å². The third kappa shape index (κ3) is 3.32. The van der Waals surface area contributed by atoms with Crippen LogP contribution in [0.3, 0.4) is 0 Å². The van der Waals surface area contributed by atoms with Gasteiger partial charge in [0.05, 0.1) is 12.9 Å². The minimum atomic E-state index is -3.87. The quantitative estimate of drug-likeness (QED) is 0.465. The monoisotopic (exact) mass is 375 g/mol. The van der Waals surface area contributed by atoms with E-state index in [-0.39, 0.29) is 17.1 Å². The van der Waals surface area contributed by atoms with Gasteiger partial charge in [-0.1, -0.05) is 0 Å². The molecule has 2 aromatic heterocycles. The van der Waals surface area contributed by atoms with Crippen molar-refractivity contribution in [2.75, 3.05) is 26.1 Å². The first-order valence-electron chi connectivity index (χ1n) is 7.25. The van der Waals surface area contributed by atoms with Gasteiger partial charge in [0.1, 0.15) is 18.3 Å². The summed E-state index contributed by atoms with van der Waals surface area (Å²) >= 11 is 0. The molecule has 5 unspecified atom stereocenters. The molecule has 0 amide bonds. The Bertz CT molecular complexity index is 876. The van der Waals surface area contributed by atoms with Crippen LogP contribution in [0.1, 0.15) is 6.23 Å².